The molecule has 0 saturated heterocycles. The first-order chi connectivity index (χ1) is 9.65. The minimum Gasteiger partial charge on any atom is -0.394 e. The Labute approximate surface area is 125 Å². The van der Waals surface area contributed by atoms with E-state index in [9.17, 15) is 9.90 Å². The Morgan fingerprint density at radius 2 is 2.00 bits per heavy atom. The molecule has 0 bridgehead atoms. The van der Waals surface area contributed by atoms with E-state index in [4.69, 9.17) is 0 Å². The molecule has 2 rings (SSSR count). The van der Waals surface area contributed by atoms with Crippen LogP contribution in [0.1, 0.15) is 38.2 Å². The van der Waals surface area contributed by atoms with E-state index in [2.05, 4.69) is 17.4 Å². The average molecular weight is 293 g/mol. The number of benzene rings is 1. The zero-order valence-electron chi connectivity index (χ0n) is 12.0. The minimum atomic E-state index is -0.362. The van der Waals surface area contributed by atoms with Crippen molar-refractivity contribution in [3.63, 3.8) is 0 Å². The lowest BCUT2D eigenvalue weighted by Gasteiger charge is -2.29. The van der Waals surface area contributed by atoms with Crippen molar-refractivity contribution in [1.82, 2.24) is 5.32 Å². The quantitative estimate of drug-likeness (QED) is 0.848. The second kappa shape index (κ2) is 7.14. The van der Waals surface area contributed by atoms with Gasteiger partial charge >= 0.3 is 0 Å². The maximum atomic E-state index is 12.2. The van der Waals surface area contributed by atoms with Crippen LogP contribution in [0.5, 0.6) is 0 Å². The predicted octanol–water partition coefficient (Wildman–Crippen LogP) is 2.73. The van der Waals surface area contributed by atoms with Gasteiger partial charge in [0.2, 0.25) is 5.91 Å². The summed E-state index contributed by atoms with van der Waals surface area (Å²) in [6, 6.07) is 10.2. The molecule has 1 aliphatic carbocycles. The van der Waals surface area contributed by atoms with Crippen LogP contribution in [0.4, 0.5) is 0 Å². The van der Waals surface area contributed by atoms with Crippen LogP contribution >= 0.6 is 11.8 Å². The zero-order chi connectivity index (χ0) is 14.4. The van der Waals surface area contributed by atoms with Crippen LogP contribution in [0, 0.1) is 0 Å². The monoisotopic (exact) mass is 293 g/mol. The van der Waals surface area contributed by atoms with Crippen LogP contribution in [0.25, 0.3) is 0 Å². The Bertz CT molecular complexity index is 429. The molecule has 1 aromatic rings. The first kappa shape index (κ1) is 15.4. The number of hydrogen-bond acceptors (Lipinski definition) is 3. The highest BCUT2D eigenvalue weighted by Crippen LogP contribution is 2.30. The van der Waals surface area contributed by atoms with Crippen LogP contribution in [0.15, 0.2) is 30.3 Å². The van der Waals surface area contributed by atoms with Gasteiger partial charge in [-0.1, -0.05) is 43.2 Å². The van der Waals surface area contributed by atoms with E-state index in [-0.39, 0.29) is 23.3 Å². The largest absolute Gasteiger partial charge is 0.394 e. The molecule has 1 aromatic carbocycles. The maximum absolute atomic E-state index is 12.2. The third kappa shape index (κ3) is 4.00. The van der Waals surface area contributed by atoms with Crippen molar-refractivity contribution in [2.45, 2.75) is 49.1 Å². The molecule has 4 heteroatoms. The number of aliphatic hydroxyl groups is 1. The summed E-state index contributed by atoms with van der Waals surface area (Å²) in [5, 5.41) is 12.5. The smallest absolute Gasteiger partial charge is 0.233 e. The summed E-state index contributed by atoms with van der Waals surface area (Å²) in [6.45, 7) is 1.98. The van der Waals surface area contributed by atoms with Crippen molar-refractivity contribution in [2.24, 2.45) is 0 Å². The van der Waals surface area contributed by atoms with Gasteiger partial charge in [-0.25, -0.2) is 0 Å². The van der Waals surface area contributed by atoms with Gasteiger partial charge in [0.1, 0.15) is 0 Å². The molecule has 2 N–H and O–H groups in total. The third-order valence-corrected chi connectivity index (χ3v) is 5.18. The number of hydrogen-bond donors (Lipinski definition) is 2. The first-order valence-corrected chi connectivity index (χ1v) is 8.28. The van der Waals surface area contributed by atoms with Crippen molar-refractivity contribution < 1.29 is 9.90 Å². The Morgan fingerprint density at radius 3 is 2.60 bits per heavy atom. The fourth-order valence-electron chi connectivity index (χ4n) is 2.61. The molecule has 1 saturated carbocycles. The fraction of sp³-hybridized carbons (Fsp3) is 0.562. The van der Waals surface area contributed by atoms with E-state index in [1.807, 2.05) is 25.1 Å². The molecule has 3 nitrogen and oxygen atoms in total. The number of carbonyl (C=O) groups excluding carboxylic acids is 1. The molecule has 0 heterocycles. The Kier molecular flexibility index (Phi) is 5.49. The summed E-state index contributed by atoms with van der Waals surface area (Å²) in [4.78, 5) is 12.2. The topological polar surface area (TPSA) is 49.3 Å². The van der Waals surface area contributed by atoms with Gasteiger partial charge in [-0.3, -0.25) is 4.79 Å². The van der Waals surface area contributed by atoms with Crippen molar-refractivity contribution in [1.29, 1.82) is 0 Å². The highest BCUT2D eigenvalue weighted by atomic mass is 32.2. The highest BCUT2D eigenvalue weighted by Gasteiger charge is 2.35. The number of amides is 1. The maximum Gasteiger partial charge on any atom is 0.233 e. The van der Waals surface area contributed by atoms with Crippen molar-refractivity contribution in [2.75, 3.05) is 6.61 Å². The number of rotatable bonds is 6. The summed E-state index contributed by atoms with van der Waals surface area (Å²) >= 11 is 1.64. The Morgan fingerprint density at radius 1 is 1.35 bits per heavy atom. The molecule has 0 aromatic heterocycles. The van der Waals surface area contributed by atoms with Gasteiger partial charge in [-0.05, 0) is 25.3 Å². The Hall–Kier alpha value is -1.00. The van der Waals surface area contributed by atoms with Crippen LogP contribution < -0.4 is 5.32 Å². The zero-order valence-corrected chi connectivity index (χ0v) is 12.8. The third-order valence-electron chi connectivity index (χ3n) is 3.96. The van der Waals surface area contributed by atoms with E-state index >= 15 is 0 Å². The molecule has 0 aliphatic heterocycles. The Balaban J connectivity index is 1.83. The lowest BCUT2D eigenvalue weighted by molar-refractivity contribution is -0.122. The molecule has 1 atom stereocenters. The molecule has 1 fully saturated rings. The normalized spacial score (nSPS) is 18.7. The number of thioether (sulfide) groups is 1. The molecule has 1 unspecified atom stereocenters. The lowest BCUT2D eigenvalue weighted by atomic mass is 9.99. The average Bonchev–Trinajstić information content (AvgIpc) is 2.95. The molecule has 1 amide bonds. The van der Waals surface area contributed by atoms with Gasteiger partial charge in [0.25, 0.3) is 0 Å². The van der Waals surface area contributed by atoms with E-state index in [1.54, 1.807) is 11.8 Å². The molecule has 1 aliphatic rings. The van der Waals surface area contributed by atoms with Gasteiger partial charge in [0.15, 0.2) is 0 Å². The van der Waals surface area contributed by atoms with Crippen LogP contribution in [0.2, 0.25) is 0 Å². The summed E-state index contributed by atoms with van der Waals surface area (Å²) in [7, 11) is 0. The molecular weight excluding hydrogens is 270 g/mol. The van der Waals surface area contributed by atoms with Gasteiger partial charge in [0.05, 0.1) is 17.4 Å². The van der Waals surface area contributed by atoms with Crippen LogP contribution in [-0.4, -0.2) is 28.4 Å². The summed E-state index contributed by atoms with van der Waals surface area (Å²) in [6.07, 6.45) is 3.97. The standard InChI is InChI=1S/C16H23NO2S/c1-13(20-11-14-7-3-2-4-8-14)15(19)17-16(12-18)9-5-6-10-16/h2-4,7-8,13,18H,5-6,9-12H2,1H3,(H,17,19). The molecule has 0 spiro atoms. The van der Waals surface area contributed by atoms with Gasteiger partial charge in [-0.2, -0.15) is 0 Å². The van der Waals surface area contributed by atoms with Gasteiger partial charge < -0.3 is 10.4 Å². The molecule has 110 valence electrons. The summed E-state index contributed by atoms with van der Waals surface area (Å²) in [5.74, 6) is 0.878. The van der Waals surface area contributed by atoms with E-state index in [0.29, 0.717) is 0 Å². The lowest BCUT2D eigenvalue weighted by Crippen LogP contribution is -2.51. The van der Waals surface area contributed by atoms with Crippen molar-refractivity contribution >= 4 is 17.7 Å². The molecule has 20 heavy (non-hydrogen) atoms. The summed E-state index contributed by atoms with van der Waals surface area (Å²) in [5.41, 5.74) is 0.869. The SMILES string of the molecule is CC(SCc1ccccc1)C(=O)NC1(CO)CCCC1. The molecular formula is C16H23NO2S. The van der Waals surface area contributed by atoms with Crippen LogP contribution in [0.3, 0.4) is 0 Å². The van der Waals surface area contributed by atoms with Crippen molar-refractivity contribution in [3.05, 3.63) is 35.9 Å². The number of nitrogens with one attached hydrogen (secondary N) is 1. The second-order valence-corrected chi connectivity index (χ2v) is 6.90. The number of carbonyl (C=O) groups is 1. The van der Waals surface area contributed by atoms with E-state index in [1.165, 1.54) is 5.56 Å². The van der Waals surface area contributed by atoms with Gasteiger partial charge in [-0.15, -0.1) is 11.8 Å². The predicted molar refractivity (Wildman–Crippen MR) is 83.6 cm³/mol. The van der Waals surface area contributed by atoms with Crippen LogP contribution in [-0.2, 0) is 10.5 Å². The first-order valence-electron chi connectivity index (χ1n) is 7.24. The van der Waals surface area contributed by atoms with Gasteiger partial charge in [0, 0.05) is 5.75 Å². The highest BCUT2D eigenvalue weighted by molar-refractivity contribution is 7.99. The fourth-order valence-corrected chi connectivity index (χ4v) is 3.45. The van der Waals surface area contributed by atoms with E-state index in [0.717, 1.165) is 31.4 Å². The minimum absolute atomic E-state index is 0.0434. The van der Waals surface area contributed by atoms with E-state index < -0.39 is 0 Å². The van der Waals surface area contributed by atoms with Crippen molar-refractivity contribution in [3.8, 4) is 0 Å². The number of aliphatic hydroxyl groups excluding tert-OH is 1. The second-order valence-electron chi connectivity index (χ2n) is 5.57. The molecule has 0 radical (unpaired) electrons. The summed E-state index contributed by atoms with van der Waals surface area (Å²) < 4.78 is 0.